The molecule has 0 fully saturated rings. The fourth-order valence-corrected chi connectivity index (χ4v) is 3.72. The van der Waals surface area contributed by atoms with E-state index >= 15 is 0 Å². The summed E-state index contributed by atoms with van der Waals surface area (Å²) < 4.78 is 0. The lowest BCUT2D eigenvalue weighted by Crippen LogP contribution is -2.07. The monoisotopic (exact) mass is 325 g/mol. The zero-order valence-corrected chi connectivity index (χ0v) is 13.7. The Morgan fingerprint density at radius 2 is 1.86 bits per heavy atom. The molecule has 3 aromatic rings. The first kappa shape index (κ1) is 14.8. The van der Waals surface area contributed by atoms with Crippen LogP contribution in [0.1, 0.15) is 10.4 Å². The molecule has 1 aromatic carbocycles. The lowest BCUT2D eigenvalue weighted by Gasteiger charge is -2.01. The van der Waals surface area contributed by atoms with E-state index in [-0.39, 0.29) is 5.91 Å². The minimum atomic E-state index is -0.116. The molecule has 0 atom stereocenters. The van der Waals surface area contributed by atoms with E-state index in [1.54, 1.807) is 28.7 Å². The lowest BCUT2D eigenvalue weighted by atomic mass is 10.2. The van der Waals surface area contributed by atoms with Gasteiger partial charge in [0.1, 0.15) is 0 Å². The number of anilines is 1. The van der Waals surface area contributed by atoms with Gasteiger partial charge in [0.05, 0.1) is 0 Å². The van der Waals surface area contributed by atoms with Gasteiger partial charge in [-0.15, -0.1) is 22.7 Å². The number of hydrogen-bond donors (Lipinski definition) is 1. The van der Waals surface area contributed by atoms with Gasteiger partial charge in [0.15, 0.2) is 0 Å². The van der Waals surface area contributed by atoms with Gasteiger partial charge < -0.3 is 5.32 Å². The second kappa shape index (κ2) is 6.73. The van der Waals surface area contributed by atoms with E-state index in [4.69, 9.17) is 0 Å². The molecule has 0 radical (unpaired) electrons. The number of rotatable bonds is 4. The van der Waals surface area contributed by atoms with E-state index in [1.165, 1.54) is 15.3 Å². The van der Waals surface area contributed by atoms with Crippen molar-refractivity contribution in [3.05, 3.63) is 70.4 Å². The van der Waals surface area contributed by atoms with Crippen LogP contribution in [0.2, 0.25) is 0 Å². The van der Waals surface area contributed by atoms with Gasteiger partial charge in [0.25, 0.3) is 0 Å². The first-order chi connectivity index (χ1) is 10.7. The standard InChI is InChI=1S/C18H15NOS2/c1-13-4-6-14(7-5-13)19-18(20)11-9-15-8-10-17(22-15)16-3-2-12-21-16/h2-12H,1H3,(H,19,20)/b11-9+. The van der Waals surface area contributed by atoms with Crippen molar-refractivity contribution in [2.75, 3.05) is 5.32 Å². The Morgan fingerprint density at radius 3 is 2.59 bits per heavy atom. The maximum absolute atomic E-state index is 11.9. The quantitative estimate of drug-likeness (QED) is 0.636. The van der Waals surface area contributed by atoms with E-state index in [1.807, 2.05) is 49.4 Å². The zero-order valence-electron chi connectivity index (χ0n) is 12.1. The summed E-state index contributed by atoms with van der Waals surface area (Å²) in [6, 6.07) is 16.0. The van der Waals surface area contributed by atoms with Gasteiger partial charge in [-0.05, 0) is 48.7 Å². The van der Waals surface area contributed by atoms with Crippen LogP contribution in [0.4, 0.5) is 5.69 Å². The number of aryl methyl sites for hydroxylation is 1. The minimum Gasteiger partial charge on any atom is -0.323 e. The Balaban J connectivity index is 1.64. The van der Waals surface area contributed by atoms with Crippen molar-refractivity contribution >= 4 is 40.3 Å². The molecule has 110 valence electrons. The van der Waals surface area contributed by atoms with Crippen LogP contribution < -0.4 is 5.32 Å². The molecule has 0 saturated heterocycles. The molecule has 0 aliphatic heterocycles. The van der Waals surface area contributed by atoms with Crippen LogP contribution in [0.5, 0.6) is 0 Å². The van der Waals surface area contributed by atoms with Crippen molar-refractivity contribution < 1.29 is 4.79 Å². The van der Waals surface area contributed by atoms with Crippen LogP contribution in [-0.2, 0) is 4.79 Å². The highest BCUT2D eigenvalue weighted by Crippen LogP contribution is 2.31. The van der Waals surface area contributed by atoms with Crippen molar-refractivity contribution in [2.24, 2.45) is 0 Å². The van der Waals surface area contributed by atoms with Crippen LogP contribution in [0.3, 0.4) is 0 Å². The second-order valence-electron chi connectivity index (χ2n) is 4.87. The summed E-state index contributed by atoms with van der Waals surface area (Å²) in [5.74, 6) is -0.116. The molecule has 0 saturated carbocycles. The van der Waals surface area contributed by atoms with E-state index in [0.29, 0.717) is 0 Å². The van der Waals surface area contributed by atoms with Crippen molar-refractivity contribution in [1.29, 1.82) is 0 Å². The van der Waals surface area contributed by atoms with Gasteiger partial charge >= 0.3 is 0 Å². The molecule has 4 heteroatoms. The molecule has 0 spiro atoms. The predicted octanol–water partition coefficient (Wildman–Crippen LogP) is 5.44. The number of benzene rings is 1. The summed E-state index contributed by atoms with van der Waals surface area (Å²) in [6.45, 7) is 2.02. The zero-order chi connectivity index (χ0) is 15.4. The Hall–Kier alpha value is -2.17. The summed E-state index contributed by atoms with van der Waals surface area (Å²) in [7, 11) is 0. The normalized spacial score (nSPS) is 11.0. The van der Waals surface area contributed by atoms with E-state index in [9.17, 15) is 4.79 Å². The molecule has 0 unspecified atom stereocenters. The summed E-state index contributed by atoms with van der Waals surface area (Å²) >= 11 is 3.41. The summed E-state index contributed by atoms with van der Waals surface area (Å²) in [6.07, 6.45) is 3.43. The first-order valence-electron chi connectivity index (χ1n) is 6.90. The molecule has 2 heterocycles. The van der Waals surface area contributed by atoms with Gasteiger partial charge in [0, 0.05) is 26.4 Å². The second-order valence-corrected chi connectivity index (χ2v) is 6.93. The van der Waals surface area contributed by atoms with Gasteiger partial charge in [-0.2, -0.15) is 0 Å². The summed E-state index contributed by atoms with van der Waals surface area (Å²) in [4.78, 5) is 15.5. The minimum absolute atomic E-state index is 0.116. The molecule has 2 aromatic heterocycles. The fraction of sp³-hybridized carbons (Fsp3) is 0.0556. The fourth-order valence-electron chi connectivity index (χ4n) is 1.97. The summed E-state index contributed by atoms with van der Waals surface area (Å²) in [5, 5.41) is 4.92. The molecule has 0 bridgehead atoms. The average molecular weight is 325 g/mol. The molecule has 1 N–H and O–H groups in total. The van der Waals surface area contributed by atoms with Crippen molar-refractivity contribution in [2.45, 2.75) is 6.92 Å². The largest absolute Gasteiger partial charge is 0.323 e. The van der Waals surface area contributed by atoms with E-state index in [0.717, 1.165) is 10.6 Å². The van der Waals surface area contributed by atoms with Gasteiger partial charge in [-0.3, -0.25) is 4.79 Å². The number of thiophene rings is 2. The van der Waals surface area contributed by atoms with Crippen LogP contribution in [-0.4, -0.2) is 5.91 Å². The highest BCUT2D eigenvalue weighted by molar-refractivity contribution is 7.21. The molecular formula is C18H15NOS2. The molecule has 1 amide bonds. The summed E-state index contributed by atoms with van der Waals surface area (Å²) in [5.41, 5.74) is 1.99. The Kier molecular flexibility index (Phi) is 4.51. The first-order valence-corrected chi connectivity index (χ1v) is 8.60. The van der Waals surface area contributed by atoms with Crippen LogP contribution in [0.15, 0.2) is 60.0 Å². The van der Waals surface area contributed by atoms with E-state index < -0.39 is 0 Å². The third-order valence-corrected chi connectivity index (χ3v) is 5.23. The van der Waals surface area contributed by atoms with Gasteiger partial charge in [-0.25, -0.2) is 0 Å². The number of hydrogen-bond acceptors (Lipinski definition) is 3. The van der Waals surface area contributed by atoms with Crippen LogP contribution in [0, 0.1) is 6.92 Å². The highest BCUT2D eigenvalue weighted by atomic mass is 32.1. The lowest BCUT2D eigenvalue weighted by molar-refractivity contribution is -0.111. The SMILES string of the molecule is Cc1ccc(NC(=O)/C=C/c2ccc(-c3cccs3)s2)cc1. The smallest absolute Gasteiger partial charge is 0.248 e. The van der Waals surface area contributed by atoms with Crippen molar-refractivity contribution in [1.82, 2.24) is 0 Å². The maximum atomic E-state index is 11.9. The number of nitrogens with one attached hydrogen (secondary N) is 1. The van der Waals surface area contributed by atoms with Gasteiger partial charge in [0.2, 0.25) is 5.91 Å². The highest BCUT2D eigenvalue weighted by Gasteiger charge is 2.02. The number of amides is 1. The van der Waals surface area contributed by atoms with Crippen LogP contribution in [0.25, 0.3) is 15.8 Å². The van der Waals surface area contributed by atoms with Crippen LogP contribution >= 0.6 is 22.7 Å². The van der Waals surface area contributed by atoms with Crippen molar-refractivity contribution in [3.8, 4) is 9.75 Å². The molecule has 0 aliphatic carbocycles. The van der Waals surface area contributed by atoms with Gasteiger partial charge in [-0.1, -0.05) is 23.8 Å². The topological polar surface area (TPSA) is 29.1 Å². The third-order valence-electron chi connectivity index (χ3n) is 3.11. The molecule has 22 heavy (non-hydrogen) atoms. The number of carbonyl (C=O) groups is 1. The Labute approximate surface area is 137 Å². The molecule has 3 rings (SSSR count). The molecule has 0 aliphatic rings. The third kappa shape index (κ3) is 3.72. The number of carbonyl (C=O) groups excluding carboxylic acids is 1. The molecular weight excluding hydrogens is 310 g/mol. The van der Waals surface area contributed by atoms with Crippen molar-refractivity contribution in [3.63, 3.8) is 0 Å². The van der Waals surface area contributed by atoms with E-state index in [2.05, 4.69) is 22.8 Å². The average Bonchev–Trinajstić information content (AvgIpc) is 3.18. The predicted molar refractivity (Wildman–Crippen MR) is 96.5 cm³/mol. The Bertz CT molecular complexity index is 783. The maximum Gasteiger partial charge on any atom is 0.248 e. The molecule has 2 nitrogen and oxygen atoms in total. The Morgan fingerprint density at radius 1 is 1.05 bits per heavy atom.